The third kappa shape index (κ3) is 4.46. The average molecular weight is 291 g/mol. The molecular formula is C15H21N3O3. The summed E-state index contributed by atoms with van der Waals surface area (Å²) in [5.41, 5.74) is 6.69. The summed E-state index contributed by atoms with van der Waals surface area (Å²) < 4.78 is 0. The Morgan fingerprint density at radius 2 is 1.86 bits per heavy atom. The van der Waals surface area contributed by atoms with E-state index < -0.39 is 6.04 Å². The molecule has 0 saturated carbocycles. The molecule has 1 atom stereocenters. The van der Waals surface area contributed by atoms with Crippen molar-refractivity contribution in [3.63, 3.8) is 0 Å². The molecular weight excluding hydrogens is 270 g/mol. The van der Waals surface area contributed by atoms with Crippen LogP contribution in [0.2, 0.25) is 0 Å². The standard InChI is InChI=1S/C15H21N3O3/c16-13(9-11-3-5-12(19)6-4-11)15(21)17-10-14(20)18-7-1-2-8-18/h3-6,13,19H,1-2,7-10,16H2,(H,17,21). The van der Waals surface area contributed by atoms with Gasteiger partial charge in [-0.2, -0.15) is 0 Å². The third-order valence-electron chi connectivity index (χ3n) is 3.60. The SMILES string of the molecule is NC(Cc1ccc(O)cc1)C(=O)NCC(=O)N1CCCC1. The first-order valence-corrected chi connectivity index (χ1v) is 7.15. The number of likely N-dealkylation sites (tertiary alicyclic amines) is 1. The van der Waals surface area contributed by atoms with Crippen LogP contribution in [0.4, 0.5) is 0 Å². The number of nitrogens with zero attached hydrogens (tertiary/aromatic N) is 1. The Morgan fingerprint density at radius 3 is 2.48 bits per heavy atom. The Kier molecular flexibility index (Phi) is 5.16. The monoisotopic (exact) mass is 291 g/mol. The molecule has 1 aliphatic rings. The first kappa shape index (κ1) is 15.3. The van der Waals surface area contributed by atoms with Crippen molar-refractivity contribution < 1.29 is 14.7 Å². The Hall–Kier alpha value is -2.08. The van der Waals surface area contributed by atoms with E-state index in [0.717, 1.165) is 31.5 Å². The highest BCUT2D eigenvalue weighted by atomic mass is 16.3. The molecule has 0 aliphatic carbocycles. The fourth-order valence-corrected chi connectivity index (χ4v) is 2.35. The molecule has 1 heterocycles. The third-order valence-corrected chi connectivity index (χ3v) is 3.60. The smallest absolute Gasteiger partial charge is 0.241 e. The van der Waals surface area contributed by atoms with E-state index in [2.05, 4.69) is 5.32 Å². The van der Waals surface area contributed by atoms with Gasteiger partial charge in [-0.3, -0.25) is 9.59 Å². The first-order valence-electron chi connectivity index (χ1n) is 7.15. The van der Waals surface area contributed by atoms with Crippen LogP contribution in [0.1, 0.15) is 18.4 Å². The number of nitrogens with two attached hydrogens (primary N) is 1. The number of aromatic hydroxyl groups is 1. The van der Waals surface area contributed by atoms with Crippen LogP contribution >= 0.6 is 0 Å². The van der Waals surface area contributed by atoms with Crippen LogP contribution in [0.15, 0.2) is 24.3 Å². The van der Waals surface area contributed by atoms with Crippen LogP contribution in [0.25, 0.3) is 0 Å². The summed E-state index contributed by atoms with van der Waals surface area (Å²) in [6, 6.07) is 5.84. The highest BCUT2D eigenvalue weighted by molar-refractivity contribution is 5.87. The van der Waals surface area contributed by atoms with E-state index in [1.54, 1.807) is 29.2 Å². The molecule has 0 bridgehead atoms. The molecule has 1 unspecified atom stereocenters. The van der Waals surface area contributed by atoms with Gasteiger partial charge in [-0.1, -0.05) is 12.1 Å². The number of nitrogens with one attached hydrogen (secondary N) is 1. The van der Waals surface area contributed by atoms with Gasteiger partial charge in [0.2, 0.25) is 11.8 Å². The predicted octanol–water partition coefficient (Wildman–Crippen LogP) is 0.000600. The Balaban J connectivity index is 1.76. The molecule has 114 valence electrons. The van der Waals surface area contributed by atoms with E-state index in [4.69, 9.17) is 5.73 Å². The van der Waals surface area contributed by atoms with Gasteiger partial charge in [0.1, 0.15) is 5.75 Å². The lowest BCUT2D eigenvalue weighted by molar-refractivity contribution is -0.132. The van der Waals surface area contributed by atoms with Gasteiger partial charge in [-0.05, 0) is 37.0 Å². The maximum absolute atomic E-state index is 11.9. The number of amides is 2. The van der Waals surface area contributed by atoms with Crippen LogP contribution in [0, 0.1) is 0 Å². The van der Waals surface area contributed by atoms with Gasteiger partial charge in [0.05, 0.1) is 12.6 Å². The molecule has 6 nitrogen and oxygen atoms in total. The van der Waals surface area contributed by atoms with Crippen molar-refractivity contribution in [2.75, 3.05) is 19.6 Å². The fraction of sp³-hybridized carbons (Fsp3) is 0.467. The lowest BCUT2D eigenvalue weighted by Crippen LogP contribution is -2.46. The van der Waals surface area contributed by atoms with Crippen molar-refractivity contribution in [1.29, 1.82) is 0 Å². The number of carbonyl (C=O) groups excluding carboxylic acids is 2. The zero-order chi connectivity index (χ0) is 15.2. The zero-order valence-electron chi connectivity index (χ0n) is 11.9. The average Bonchev–Trinajstić information content (AvgIpc) is 3.01. The molecule has 0 aromatic heterocycles. The Morgan fingerprint density at radius 1 is 1.24 bits per heavy atom. The fourth-order valence-electron chi connectivity index (χ4n) is 2.35. The van der Waals surface area contributed by atoms with Gasteiger partial charge in [-0.25, -0.2) is 0 Å². The van der Waals surface area contributed by atoms with Gasteiger partial charge in [0, 0.05) is 13.1 Å². The van der Waals surface area contributed by atoms with Crippen LogP contribution in [-0.2, 0) is 16.0 Å². The summed E-state index contributed by atoms with van der Waals surface area (Å²) in [5, 5.41) is 11.8. The minimum absolute atomic E-state index is 0.00209. The lowest BCUT2D eigenvalue weighted by Gasteiger charge is -2.17. The predicted molar refractivity (Wildman–Crippen MR) is 78.6 cm³/mol. The molecule has 4 N–H and O–H groups in total. The van der Waals surface area contributed by atoms with E-state index in [0.29, 0.717) is 6.42 Å². The van der Waals surface area contributed by atoms with Crippen molar-refractivity contribution in [2.45, 2.75) is 25.3 Å². The Labute approximate surface area is 123 Å². The number of benzene rings is 1. The van der Waals surface area contributed by atoms with Gasteiger partial charge < -0.3 is 21.1 Å². The molecule has 6 heteroatoms. The first-order chi connectivity index (χ1) is 10.1. The zero-order valence-corrected chi connectivity index (χ0v) is 11.9. The highest BCUT2D eigenvalue weighted by Gasteiger charge is 2.20. The van der Waals surface area contributed by atoms with Gasteiger partial charge in [0.15, 0.2) is 0 Å². The molecule has 0 spiro atoms. The topological polar surface area (TPSA) is 95.7 Å². The van der Waals surface area contributed by atoms with Crippen molar-refractivity contribution in [3.8, 4) is 5.75 Å². The number of hydrogen-bond donors (Lipinski definition) is 3. The van der Waals surface area contributed by atoms with Gasteiger partial charge in [-0.15, -0.1) is 0 Å². The van der Waals surface area contributed by atoms with Crippen molar-refractivity contribution >= 4 is 11.8 Å². The number of hydrogen-bond acceptors (Lipinski definition) is 4. The number of carbonyl (C=O) groups is 2. The molecule has 1 aliphatic heterocycles. The molecule has 1 aromatic rings. The highest BCUT2D eigenvalue weighted by Crippen LogP contribution is 2.11. The summed E-state index contributed by atoms with van der Waals surface area (Å²) in [4.78, 5) is 25.4. The van der Waals surface area contributed by atoms with Crippen LogP contribution < -0.4 is 11.1 Å². The molecule has 2 rings (SSSR count). The number of rotatable bonds is 5. The van der Waals surface area contributed by atoms with E-state index >= 15 is 0 Å². The molecule has 1 aromatic carbocycles. The maximum atomic E-state index is 11.9. The van der Waals surface area contributed by atoms with E-state index in [9.17, 15) is 14.7 Å². The molecule has 21 heavy (non-hydrogen) atoms. The van der Waals surface area contributed by atoms with Crippen LogP contribution in [-0.4, -0.2) is 47.5 Å². The number of phenolic OH excluding ortho intramolecular Hbond substituents is 1. The largest absolute Gasteiger partial charge is 0.508 e. The lowest BCUT2D eigenvalue weighted by atomic mass is 10.1. The van der Waals surface area contributed by atoms with E-state index in [1.807, 2.05) is 0 Å². The Bertz CT molecular complexity index is 495. The minimum Gasteiger partial charge on any atom is -0.508 e. The maximum Gasteiger partial charge on any atom is 0.241 e. The summed E-state index contributed by atoms with van der Waals surface area (Å²) in [6.07, 6.45) is 2.42. The molecule has 1 fully saturated rings. The minimum atomic E-state index is -0.707. The van der Waals surface area contributed by atoms with Gasteiger partial charge >= 0.3 is 0 Å². The van der Waals surface area contributed by atoms with Gasteiger partial charge in [0.25, 0.3) is 0 Å². The summed E-state index contributed by atoms with van der Waals surface area (Å²) in [6.45, 7) is 1.55. The van der Waals surface area contributed by atoms with Crippen molar-refractivity contribution in [1.82, 2.24) is 10.2 Å². The van der Waals surface area contributed by atoms with E-state index in [1.165, 1.54) is 0 Å². The summed E-state index contributed by atoms with van der Waals surface area (Å²) >= 11 is 0. The quantitative estimate of drug-likeness (QED) is 0.711. The van der Waals surface area contributed by atoms with E-state index in [-0.39, 0.29) is 24.1 Å². The summed E-state index contributed by atoms with van der Waals surface area (Å²) in [5.74, 6) is -0.221. The van der Waals surface area contributed by atoms with Crippen molar-refractivity contribution in [3.05, 3.63) is 29.8 Å². The second-order valence-corrected chi connectivity index (χ2v) is 5.28. The van der Waals surface area contributed by atoms with Crippen LogP contribution in [0.3, 0.4) is 0 Å². The normalized spacial score (nSPS) is 15.8. The van der Waals surface area contributed by atoms with Crippen LogP contribution in [0.5, 0.6) is 5.75 Å². The second-order valence-electron chi connectivity index (χ2n) is 5.28. The number of phenols is 1. The molecule has 1 saturated heterocycles. The second kappa shape index (κ2) is 7.08. The molecule has 2 amide bonds. The van der Waals surface area contributed by atoms with Crippen molar-refractivity contribution in [2.24, 2.45) is 5.73 Å². The molecule has 0 radical (unpaired) electrons. The summed E-state index contributed by atoms with van der Waals surface area (Å²) in [7, 11) is 0.